The summed E-state index contributed by atoms with van der Waals surface area (Å²) in [5.41, 5.74) is 0.115. The van der Waals surface area contributed by atoms with E-state index in [0.29, 0.717) is 0 Å². The Labute approximate surface area is 112 Å². The van der Waals surface area contributed by atoms with Gasteiger partial charge < -0.3 is 14.8 Å². The number of hydrogen-bond donors (Lipinski definition) is 1. The molecule has 1 saturated heterocycles. The summed E-state index contributed by atoms with van der Waals surface area (Å²) in [6.07, 6.45) is 10.2. The smallest absolute Gasteiger partial charge is 0.0806 e. The summed E-state index contributed by atoms with van der Waals surface area (Å²) in [6, 6.07) is 0. The third kappa shape index (κ3) is 4.22. The molecule has 3 nitrogen and oxygen atoms in total. The second-order valence-electron chi connectivity index (χ2n) is 5.99. The fraction of sp³-hybridized carbons (Fsp3) is 1.00. The summed E-state index contributed by atoms with van der Waals surface area (Å²) in [6.45, 7) is 3.79. The Morgan fingerprint density at radius 1 is 1.11 bits per heavy atom. The minimum absolute atomic E-state index is 0.115. The average Bonchev–Trinajstić information content (AvgIpc) is 2.64. The fourth-order valence-electron chi connectivity index (χ4n) is 3.27. The lowest BCUT2D eigenvalue weighted by Gasteiger charge is -2.35. The van der Waals surface area contributed by atoms with Crippen molar-refractivity contribution < 1.29 is 9.47 Å². The van der Waals surface area contributed by atoms with Gasteiger partial charge in [-0.05, 0) is 38.6 Å². The van der Waals surface area contributed by atoms with Crippen LogP contribution in [-0.2, 0) is 9.47 Å². The van der Waals surface area contributed by atoms with Crippen LogP contribution in [0.15, 0.2) is 0 Å². The third-order valence-corrected chi connectivity index (χ3v) is 4.48. The molecule has 1 heterocycles. The summed E-state index contributed by atoms with van der Waals surface area (Å²) < 4.78 is 11.8. The van der Waals surface area contributed by atoms with Crippen molar-refractivity contribution in [2.75, 3.05) is 33.4 Å². The van der Waals surface area contributed by atoms with Crippen LogP contribution in [0.3, 0.4) is 0 Å². The molecule has 0 aromatic rings. The van der Waals surface area contributed by atoms with E-state index >= 15 is 0 Å². The molecule has 0 aromatic heterocycles. The van der Waals surface area contributed by atoms with Gasteiger partial charge in [-0.3, -0.25) is 0 Å². The van der Waals surface area contributed by atoms with Crippen LogP contribution in [0.1, 0.15) is 51.4 Å². The molecule has 2 fully saturated rings. The molecule has 1 aliphatic carbocycles. The Balaban J connectivity index is 1.83. The van der Waals surface area contributed by atoms with Gasteiger partial charge >= 0.3 is 0 Å². The van der Waals surface area contributed by atoms with Crippen LogP contribution in [0.4, 0.5) is 0 Å². The van der Waals surface area contributed by atoms with Crippen molar-refractivity contribution in [1.82, 2.24) is 5.32 Å². The van der Waals surface area contributed by atoms with Gasteiger partial charge in [-0.1, -0.05) is 25.7 Å². The molecular weight excluding hydrogens is 226 g/mol. The van der Waals surface area contributed by atoms with Gasteiger partial charge in [0.15, 0.2) is 0 Å². The van der Waals surface area contributed by atoms with E-state index in [1.807, 2.05) is 7.05 Å². The van der Waals surface area contributed by atoms with Gasteiger partial charge in [0.25, 0.3) is 0 Å². The molecule has 106 valence electrons. The number of likely N-dealkylation sites (N-methyl/N-ethyl adjacent to an activating group) is 1. The molecule has 0 radical (unpaired) electrons. The molecule has 1 saturated carbocycles. The zero-order valence-electron chi connectivity index (χ0n) is 11.9. The van der Waals surface area contributed by atoms with Crippen molar-refractivity contribution in [3.8, 4) is 0 Å². The lowest BCUT2D eigenvalue weighted by molar-refractivity contribution is -0.0817. The normalized spacial score (nSPS) is 25.8. The van der Waals surface area contributed by atoms with Crippen molar-refractivity contribution >= 4 is 0 Å². The maximum Gasteiger partial charge on any atom is 0.0806 e. The molecule has 3 heteroatoms. The minimum atomic E-state index is 0.115. The zero-order chi connectivity index (χ0) is 12.7. The highest BCUT2D eigenvalue weighted by atomic mass is 16.5. The Kier molecular flexibility index (Phi) is 5.93. The maximum atomic E-state index is 6.41. The van der Waals surface area contributed by atoms with Crippen LogP contribution in [0.5, 0.6) is 0 Å². The zero-order valence-corrected chi connectivity index (χ0v) is 11.9. The SMILES string of the molecule is CNCC1(OCC2CCOCC2)CCCCCC1. The first kappa shape index (κ1) is 14.3. The first-order chi connectivity index (χ1) is 8.85. The maximum absolute atomic E-state index is 6.41. The van der Waals surface area contributed by atoms with Crippen LogP contribution in [0, 0.1) is 5.92 Å². The van der Waals surface area contributed by atoms with Gasteiger partial charge in [0.2, 0.25) is 0 Å². The van der Waals surface area contributed by atoms with Crippen LogP contribution in [0.25, 0.3) is 0 Å². The lowest BCUT2D eigenvalue weighted by atomic mass is 9.93. The Morgan fingerprint density at radius 2 is 1.78 bits per heavy atom. The van der Waals surface area contributed by atoms with E-state index in [9.17, 15) is 0 Å². The third-order valence-electron chi connectivity index (χ3n) is 4.48. The van der Waals surface area contributed by atoms with E-state index in [0.717, 1.165) is 32.3 Å². The molecule has 0 aromatic carbocycles. The average molecular weight is 255 g/mol. The van der Waals surface area contributed by atoms with Crippen LogP contribution < -0.4 is 5.32 Å². The summed E-state index contributed by atoms with van der Waals surface area (Å²) in [5, 5.41) is 3.34. The van der Waals surface area contributed by atoms with Crippen LogP contribution >= 0.6 is 0 Å². The van der Waals surface area contributed by atoms with Crippen molar-refractivity contribution in [1.29, 1.82) is 0 Å². The van der Waals surface area contributed by atoms with E-state index in [4.69, 9.17) is 9.47 Å². The van der Waals surface area contributed by atoms with E-state index in [2.05, 4.69) is 5.32 Å². The molecule has 2 aliphatic rings. The first-order valence-corrected chi connectivity index (χ1v) is 7.71. The summed E-state index contributed by atoms with van der Waals surface area (Å²) >= 11 is 0. The van der Waals surface area contributed by atoms with Crippen molar-refractivity contribution in [2.24, 2.45) is 5.92 Å². The minimum Gasteiger partial charge on any atom is -0.381 e. The Bertz CT molecular complexity index is 219. The highest BCUT2D eigenvalue weighted by Crippen LogP contribution is 2.31. The topological polar surface area (TPSA) is 30.5 Å². The van der Waals surface area contributed by atoms with Crippen molar-refractivity contribution in [3.05, 3.63) is 0 Å². The summed E-state index contributed by atoms with van der Waals surface area (Å²) in [7, 11) is 2.05. The molecule has 0 amide bonds. The molecule has 0 unspecified atom stereocenters. The highest BCUT2D eigenvalue weighted by Gasteiger charge is 2.32. The van der Waals surface area contributed by atoms with E-state index in [1.165, 1.54) is 51.4 Å². The van der Waals surface area contributed by atoms with E-state index in [-0.39, 0.29) is 5.60 Å². The monoisotopic (exact) mass is 255 g/mol. The fourth-order valence-corrected chi connectivity index (χ4v) is 3.27. The van der Waals surface area contributed by atoms with Crippen LogP contribution in [-0.4, -0.2) is 39.0 Å². The van der Waals surface area contributed by atoms with Gasteiger partial charge in [-0.15, -0.1) is 0 Å². The van der Waals surface area contributed by atoms with Gasteiger partial charge in [0, 0.05) is 19.8 Å². The Hall–Kier alpha value is -0.120. The van der Waals surface area contributed by atoms with E-state index < -0.39 is 0 Å². The Morgan fingerprint density at radius 3 is 2.39 bits per heavy atom. The number of ether oxygens (including phenoxy) is 2. The second-order valence-corrected chi connectivity index (χ2v) is 5.99. The van der Waals surface area contributed by atoms with Crippen molar-refractivity contribution in [3.63, 3.8) is 0 Å². The van der Waals surface area contributed by atoms with Gasteiger partial charge in [0.05, 0.1) is 12.2 Å². The molecule has 0 bridgehead atoms. The predicted octanol–water partition coefficient (Wildman–Crippen LogP) is 2.74. The molecule has 0 spiro atoms. The van der Waals surface area contributed by atoms with E-state index in [1.54, 1.807) is 0 Å². The summed E-state index contributed by atoms with van der Waals surface area (Å²) in [4.78, 5) is 0. The number of hydrogen-bond acceptors (Lipinski definition) is 3. The predicted molar refractivity (Wildman–Crippen MR) is 73.9 cm³/mol. The summed E-state index contributed by atoms with van der Waals surface area (Å²) in [5.74, 6) is 0.718. The lowest BCUT2D eigenvalue weighted by Crippen LogP contribution is -2.43. The number of nitrogens with one attached hydrogen (secondary N) is 1. The highest BCUT2D eigenvalue weighted by molar-refractivity contribution is 4.85. The molecule has 0 atom stereocenters. The molecule has 1 aliphatic heterocycles. The van der Waals surface area contributed by atoms with Crippen LogP contribution in [0.2, 0.25) is 0 Å². The van der Waals surface area contributed by atoms with Gasteiger partial charge in [-0.2, -0.15) is 0 Å². The second kappa shape index (κ2) is 7.46. The molecule has 2 rings (SSSR count). The molecular formula is C15H29NO2. The van der Waals surface area contributed by atoms with Gasteiger partial charge in [0.1, 0.15) is 0 Å². The molecule has 18 heavy (non-hydrogen) atoms. The van der Waals surface area contributed by atoms with Gasteiger partial charge in [-0.25, -0.2) is 0 Å². The first-order valence-electron chi connectivity index (χ1n) is 7.71. The quantitative estimate of drug-likeness (QED) is 0.766. The van der Waals surface area contributed by atoms with Crippen molar-refractivity contribution in [2.45, 2.75) is 57.0 Å². The number of rotatable bonds is 5. The molecule has 1 N–H and O–H groups in total. The largest absolute Gasteiger partial charge is 0.381 e. The standard InChI is InChI=1S/C15H29NO2/c1-16-13-15(8-4-2-3-5-9-15)18-12-14-6-10-17-11-7-14/h14,16H,2-13H2,1H3.